The van der Waals surface area contributed by atoms with Crippen LogP contribution in [0, 0.1) is 13.8 Å². The number of nitrogens with one attached hydrogen (secondary N) is 1. The van der Waals surface area contributed by atoms with E-state index in [1.165, 1.54) is 12.1 Å². The van der Waals surface area contributed by atoms with Gasteiger partial charge in [-0.2, -0.15) is 0 Å². The van der Waals surface area contributed by atoms with Crippen LogP contribution in [-0.4, -0.2) is 18.5 Å². The molecule has 0 bridgehead atoms. The van der Waals surface area contributed by atoms with Crippen LogP contribution in [0.4, 0.5) is 0 Å². The number of aryl methyl sites for hydroxylation is 2. The third kappa shape index (κ3) is 5.50. The van der Waals surface area contributed by atoms with Crippen molar-refractivity contribution in [2.45, 2.75) is 20.4 Å². The van der Waals surface area contributed by atoms with E-state index in [1.807, 2.05) is 56.3 Å². The lowest BCUT2D eigenvalue weighted by Gasteiger charge is -2.10. The normalized spacial score (nSPS) is 10.6. The molecular formula is C27H23NO6. The Hall–Kier alpha value is -4.39. The molecule has 1 aromatic heterocycles. The molecule has 0 aliphatic rings. The fourth-order valence-corrected chi connectivity index (χ4v) is 3.45. The molecule has 1 amide bonds. The van der Waals surface area contributed by atoms with Crippen molar-refractivity contribution < 1.29 is 23.5 Å². The van der Waals surface area contributed by atoms with Gasteiger partial charge < -0.3 is 19.2 Å². The summed E-state index contributed by atoms with van der Waals surface area (Å²) >= 11 is 0. The molecule has 0 aliphatic heterocycles. The Morgan fingerprint density at radius 1 is 0.941 bits per heavy atom. The van der Waals surface area contributed by atoms with Crippen molar-refractivity contribution in [2.75, 3.05) is 6.61 Å². The van der Waals surface area contributed by atoms with Crippen LogP contribution in [0.15, 0.2) is 82.0 Å². The number of hydrogen-bond acceptors (Lipinski definition) is 6. The number of amides is 1. The van der Waals surface area contributed by atoms with Gasteiger partial charge >= 0.3 is 11.6 Å². The van der Waals surface area contributed by atoms with E-state index in [1.54, 1.807) is 18.2 Å². The summed E-state index contributed by atoms with van der Waals surface area (Å²) in [5.41, 5.74) is 2.25. The summed E-state index contributed by atoms with van der Waals surface area (Å²) in [6.07, 6.45) is 0. The Bertz CT molecular complexity index is 1410. The number of ether oxygens (including phenoxy) is 2. The molecule has 0 aliphatic carbocycles. The summed E-state index contributed by atoms with van der Waals surface area (Å²) in [5.74, 6) is -0.326. The second-order valence-electron chi connectivity index (χ2n) is 7.85. The van der Waals surface area contributed by atoms with Gasteiger partial charge in [-0.1, -0.05) is 48.0 Å². The van der Waals surface area contributed by atoms with E-state index in [4.69, 9.17) is 13.9 Å². The van der Waals surface area contributed by atoms with Gasteiger partial charge in [-0.15, -0.1) is 0 Å². The Kier molecular flexibility index (Phi) is 6.73. The second-order valence-corrected chi connectivity index (χ2v) is 7.85. The SMILES string of the molecule is Cc1ccc(OCC(=O)Oc2ccc3cc(C(=O)NCc4ccccc4)c(=O)oc3c2)c(C)c1. The molecule has 1 N–H and O–H groups in total. The van der Waals surface area contributed by atoms with Gasteiger partial charge in [0.2, 0.25) is 0 Å². The topological polar surface area (TPSA) is 94.8 Å². The van der Waals surface area contributed by atoms with Crippen LogP contribution in [0.25, 0.3) is 11.0 Å². The van der Waals surface area contributed by atoms with Gasteiger partial charge in [0, 0.05) is 18.0 Å². The first-order chi connectivity index (χ1) is 16.4. The highest BCUT2D eigenvalue weighted by Crippen LogP contribution is 2.22. The minimum atomic E-state index is -0.778. The van der Waals surface area contributed by atoms with Crippen molar-refractivity contribution in [3.8, 4) is 11.5 Å². The first kappa shape index (κ1) is 22.8. The molecule has 7 nitrogen and oxygen atoms in total. The van der Waals surface area contributed by atoms with Crippen LogP contribution in [0.1, 0.15) is 27.0 Å². The minimum absolute atomic E-state index is 0.102. The zero-order valence-corrected chi connectivity index (χ0v) is 18.8. The highest BCUT2D eigenvalue weighted by Gasteiger charge is 2.15. The van der Waals surface area contributed by atoms with Gasteiger partial charge in [-0.25, -0.2) is 9.59 Å². The predicted molar refractivity (Wildman–Crippen MR) is 127 cm³/mol. The van der Waals surface area contributed by atoms with Crippen LogP contribution in [-0.2, 0) is 11.3 Å². The smallest absolute Gasteiger partial charge is 0.349 e. The fourth-order valence-electron chi connectivity index (χ4n) is 3.45. The molecule has 0 fully saturated rings. The molecule has 0 unspecified atom stereocenters. The average molecular weight is 457 g/mol. The van der Waals surface area contributed by atoms with E-state index in [-0.39, 0.29) is 30.0 Å². The average Bonchev–Trinajstić information content (AvgIpc) is 2.82. The predicted octanol–water partition coefficient (Wildman–Crippen LogP) is 4.32. The number of benzene rings is 3. The van der Waals surface area contributed by atoms with Crippen molar-refractivity contribution in [1.82, 2.24) is 5.32 Å². The molecule has 34 heavy (non-hydrogen) atoms. The summed E-state index contributed by atoms with van der Waals surface area (Å²) in [6.45, 7) is 3.89. The Morgan fingerprint density at radius 2 is 1.74 bits per heavy atom. The Labute approximate surface area is 195 Å². The third-order valence-corrected chi connectivity index (χ3v) is 5.16. The number of hydrogen-bond donors (Lipinski definition) is 1. The van der Waals surface area contributed by atoms with Crippen molar-refractivity contribution in [2.24, 2.45) is 0 Å². The lowest BCUT2D eigenvalue weighted by atomic mass is 10.1. The molecule has 7 heteroatoms. The Morgan fingerprint density at radius 3 is 2.50 bits per heavy atom. The maximum Gasteiger partial charge on any atom is 0.349 e. The highest BCUT2D eigenvalue weighted by molar-refractivity contribution is 5.96. The first-order valence-electron chi connectivity index (χ1n) is 10.7. The molecule has 3 aromatic carbocycles. The van der Waals surface area contributed by atoms with E-state index in [0.717, 1.165) is 16.7 Å². The van der Waals surface area contributed by atoms with Crippen molar-refractivity contribution in [3.05, 3.63) is 105 Å². The van der Waals surface area contributed by atoms with Crippen LogP contribution in [0.5, 0.6) is 11.5 Å². The summed E-state index contributed by atoms with van der Waals surface area (Å²) in [6, 6.07) is 21.1. The lowest BCUT2D eigenvalue weighted by Crippen LogP contribution is -2.27. The quantitative estimate of drug-likeness (QED) is 0.252. The monoisotopic (exact) mass is 457 g/mol. The van der Waals surface area contributed by atoms with Crippen molar-refractivity contribution in [3.63, 3.8) is 0 Å². The molecule has 0 radical (unpaired) electrons. The molecule has 0 saturated heterocycles. The molecule has 0 saturated carbocycles. The summed E-state index contributed by atoms with van der Waals surface area (Å²) in [5, 5.41) is 3.23. The van der Waals surface area contributed by atoms with E-state index >= 15 is 0 Å². The number of rotatable bonds is 7. The molecule has 0 spiro atoms. The van der Waals surface area contributed by atoms with Crippen LogP contribution < -0.4 is 20.4 Å². The van der Waals surface area contributed by atoms with Gasteiger partial charge in [0.05, 0.1) is 0 Å². The molecule has 4 rings (SSSR count). The summed E-state index contributed by atoms with van der Waals surface area (Å²) < 4.78 is 16.2. The van der Waals surface area contributed by atoms with Crippen LogP contribution in [0.2, 0.25) is 0 Å². The largest absolute Gasteiger partial charge is 0.482 e. The van der Waals surface area contributed by atoms with Gasteiger partial charge in [-0.05, 0) is 49.2 Å². The van der Waals surface area contributed by atoms with Crippen molar-refractivity contribution in [1.29, 1.82) is 0 Å². The molecule has 0 atom stereocenters. The summed E-state index contributed by atoms with van der Waals surface area (Å²) in [7, 11) is 0. The van der Waals surface area contributed by atoms with Gasteiger partial charge in [0.25, 0.3) is 5.91 Å². The fraction of sp³-hybridized carbons (Fsp3) is 0.148. The third-order valence-electron chi connectivity index (χ3n) is 5.16. The molecule has 172 valence electrons. The van der Waals surface area contributed by atoms with Crippen molar-refractivity contribution >= 4 is 22.8 Å². The minimum Gasteiger partial charge on any atom is -0.482 e. The first-order valence-corrected chi connectivity index (χ1v) is 10.7. The second kappa shape index (κ2) is 10.0. The molecule has 1 heterocycles. The zero-order chi connectivity index (χ0) is 24.1. The van der Waals surface area contributed by atoms with Crippen LogP contribution >= 0.6 is 0 Å². The van der Waals surface area contributed by atoms with Gasteiger partial charge in [-0.3, -0.25) is 4.79 Å². The molecular weight excluding hydrogens is 434 g/mol. The number of carbonyl (C=O) groups is 2. The number of fused-ring (bicyclic) bond motifs is 1. The van der Waals surface area contributed by atoms with E-state index < -0.39 is 17.5 Å². The Balaban J connectivity index is 1.42. The maximum absolute atomic E-state index is 12.5. The van der Waals surface area contributed by atoms with Gasteiger partial charge in [0.1, 0.15) is 22.6 Å². The maximum atomic E-state index is 12.5. The van der Waals surface area contributed by atoms with E-state index in [9.17, 15) is 14.4 Å². The molecule has 4 aromatic rings. The highest BCUT2D eigenvalue weighted by atomic mass is 16.6. The zero-order valence-electron chi connectivity index (χ0n) is 18.8. The van der Waals surface area contributed by atoms with Gasteiger partial charge in [0.15, 0.2) is 6.61 Å². The standard InChI is InChI=1S/C27H23NO6/c1-17-8-11-23(18(2)12-17)32-16-25(29)33-21-10-9-20-13-22(27(31)34-24(20)14-21)26(30)28-15-19-6-4-3-5-7-19/h3-14H,15-16H2,1-2H3,(H,28,30). The number of esters is 1. The van der Waals surface area contributed by atoms with E-state index in [2.05, 4.69) is 5.32 Å². The van der Waals surface area contributed by atoms with E-state index in [0.29, 0.717) is 11.1 Å². The number of carbonyl (C=O) groups excluding carboxylic acids is 2. The summed E-state index contributed by atoms with van der Waals surface area (Å²) in [4.78, 5) is 37.1. The van der Waals surface area contributed by atoms with Crippen LogP contribution in [0.3, 0.4) is 0 Å². The lowest BCUT2D eigenvalue weighted by molar-refractivity contribution is -0.136.